The molecule has 2 fully saturated rings. The second-order valence-electron chi connectivity index (χ2n) is 5.93. The zero-order chi connectivity index (χ0) is 12.5. The van der Waals surface area contributed by atoms with Crippen LogP contribution in [0.15, 0.2) is 5.51 Å². The van der Waals surface area contributed by atoms with Crippen molar-refractivity contribution in [3.05, 3.63) is 16.1 Å². The molecule has 4 heteroatoms. The highest BCUT2D eigenvalue weighted by atomic mass is 32.1. The number of aryl methyl sites for hydroxylation is 1. The second kappa shape index (κ2) is 5.27. The lowest BCUT2D eigenvalue weighted by Gasteiger charge is -2.24. The van der Waals surface area contributed by atoms with Crippen LogP contribution in [0.1, 0.15) is 29.8 Å². The normalized spacial score (nSPS) is 31.2. The average Bonchev–Trinajstić information content (AvgIpc) is 3.00. The topological polar surface area (TPSA) is 28.2 Å². The summed E-state index contributed by atoms with van der Waals surface area (Å²) < 4.78 is 0. The van der Waals surface area contributed by atoms with Crippen molar-refractivity contribution in [1.29, 1.82) is 0 Å². The van der Waals surface area contributed by atoms with Gasteiger partial charge in [-0.15, -0.1) is 11.3 Å². The van der Waals surface area contributed by atoms with Crippen LogP contribution in [-0.2, 0) is 6.54 Å². The van der Waals surface area contributed by atoms with Gasteiger partial charge in [-0.1, -0.05) is 6.42 Å². The fourth-order valence-corrected chi connectivity index (χ4v) is 4.48. The minimum Gasteiger partial charge on any atom is -0.312 e. The summed E-state index contributed by atoms with van der Waals surface area (Å²) in [6, 6.07) is 0.718. The maximum atomic E-state index is 4.33. The molecule has 3 unspecified atom stereocenters. The maximum Gasteiger partial charge on any atom is 0.0798 e. The Labute approximate surface area is 114 Å². The number of hydrogen-bond acceptors (Lipinski definition) is 4. The number of hydrogen-bond donors (Lipinski definition) is 1. The number of nitrogens with zero attached hydrogens (tertiary/aromatic N) is 2. The van der Waals surface area contributed by atoms with E-state index in [9.17, 15) is 0 Å². The van der Waals surface area contributed by atoms with Crippen molar-refractivity contribution >= 4 is 11.3 Å². The molecule has 0 bridgehead atoms. The Morgan fingerprint density at radius 1 is 1.50 bits per heavy atom. The first kappa shape index (κ1) is 12.6. The zero-order valence-corrected chi connectivity index (χ0v) is 12.2. The lowest BCUT2D eigenvalue weighted by Crippen LogP contribution is -2.38. The van der Waals surface area contributed by atoms with Crippen molar-refractivity contribution in [2.75, 3.05) is 20.1 Å². The molecule has 0 spiro atoms. The summed E-state index contributed by atoms with van der Waals surface area (Å²) in [4.78, 5) is 8.20. The zero-order valence-electron chi connectivity index (χ0n) is 11.4. The van der Waals surface area contributed by atoms with Gasteiger partial charge in [0, 0.05) is 24.0 Å². The summed E-state index contributed by atoms with van der Waals surface area (Å²) in [5.41, 5.74) is 3.16. The number of rotatable bonds is 4. The van der Waals surface area contributed by atoms with Crippen LogP contribution in [-0.4, -0.2) is 36.1 Å². The van der Waals surface area contributed by atoms with Gasteiger partial charge in [-0.05, 0) is 45.2 Å². The van der Waals surface area contributed by atoms with Crippen molar-refractivity contribution < 1.29 is 0 Å². The Bertz CT molecular complexity index is 403. The molecule has 0 amide bonds. The standard InChI is InChI=1S/C14H23N3S/c1-10-14(18-9-16-10)8-17(2)7-13-12-5-3-4-11(12)6-15-13/h9,11-13,15H,3-8H2,1-2H3. The summed E-state index contributed by atoms with van der Waals surface area (Å²) in [5.74, 6) is 1.91. The molecule has 1 N–H and O–H groups in total. The van der Waals surface area contributed by atoms with E-state index in [2.05, 4.69) is 29.2 Å². The number of likely N-dealkylation sites (N-methyl/N-ethyl adjacent to an activating group) is 1. The Morgan fingerprint density at radius 3 is 3.17 bits per heavy atom. The average molecular weight is 265 g/mol. The smallest absolute Gasteiger partial charge is 0.0798 e. The molecule has 2 heterocycles. The lowest BCUT2D eigenvalue weighted by atomic mass is 9.94. The molecule has 18 heavy (non-hydrogen) atoms. The van der Waals surface area contributed by atoms with E-state index in [-0.39, 0.29) is 0 Å². The molecule has 1 aliphatic heterocycles. The monoisotopic (exact) mass is 265 g/mol. The molecule has 3 rings (SSSR count). The highest BCUT2D eigenvalue weighted by Crippen LogP contribution is 2.37. The largest absolute Gasteiger partial charge is 0.312 e. The van der Waals surface area contributed by atoms with Crippen LogP contribution in [0.25, 0.3) is 0 Å². The molecule has 3 nitrogen and oxygen atoms in total. The number of aromatic nitrogens is 1. The Hall–Kier alpha value is -0.450. The van der Waals surface area contributed by atoms with Crippen molar-refractivity contribution in [2.24, 2.45) is 11.8 Å². The van der Waals surface area contributed by atoms with Gasteiger partial charge in [-0.2, -0.15) is 0 Å². The van der Waals surface area contributed by atoms with Gasteiger partial charge < -0.3 is 5.32 Å². The van der Waals surface area contributed by atoms with E-state index in [1.165, 1.54) is 42.9 Å². The Balaban J connectivity index is 1.55. The molecule has 0 aromatic carbocycles. The van der Waals surface area contributed by atoms with Crippen LogP contribution in [0, 0.1) is 18.8 Å². The number of thiazole rings is 1. The lowest BCUT2D eigenvalue weighted by molar-refractivity contribution is 0.260. The third kappa shape index (κ3) is 2.46. The fourth-order valence-electron chi connectivity index (χ4n) is 3.63. The van der Waals surface area contributed by atoms with Gasteiger partial charge >= 0.3 is 0 Å². The van der Waals surface area contributed by atoms with Gasteiger partial charge in [-0.25, -0.2) is 4.98 Å². The molecule has 3 atom stereocenters. The van der Waals surface area contributed by atoms with Gasteiger partial charge in [0.05, 0.1) is 11.2 Å². The van der Waals surface area contributed by atoms with Gasteiger partial charge in [-0.3, -0.25) is 4.90 Å². The summed E-state index contributed by atoms with van der Waals surface area (Å²) in [6.07, 6.45) is 4.34. The van der Waals surface area contributed by atoms with E-state index >= 15 is 0 Å². The second-order valence-corrected chi connectivity index (χ2v) is 6.87. The van der Waals surface area contributed by atoms with E-state index in [0.717, 1.165) is 24.4 Å². The first-order valence-corrected chi connectivity index (χ1v) is 7.93. The van der Waals surface area contributed by atoms with Crippen molar-refractivity contribution in [3.63, 3.8) is 0 Å². The fraction of sp³-hybridized carbons (Fsp3) is 0.786. The molecule has 1 saturated heterocycles. The Kier molecular flexibility index (Phi) is 3.68. The maximum absolute atomic E-state index is 4.33. The molecule has 0 radical (unpaired) electrons. The summed E-state index contributed by atoms with van der Waals surface area (Å²) in [7, 11) is 2.24. The molecule has 1 saturated carbocycles. The minimum absolute atomic E-state index is 0.718. The number of nitrogens with one attached hydrogen (secondary N) is 1. The van der Waals surface area contributed by atoms with Crippen LogP contribution in [0.2, 0.25) is 0 Å². The minimum atomic E-state index is 0.718. The molecule has 100 valence electrons. The van der Waals surface area contributed by atoms with Crippen LogP contribution < -0.4 is 5.32 Å². The van der Waals surface area contributed by atoms with Crippen molar-refractivity contribution in [1.82, 2.24) is 15.2 Å². The van der Waals surface area contributed by atoms with E-state index in [1.54, 1.807) is 11.3 Å². The van der Waals surface area contributed by atoms with Crippen molar-refractivity contribution in [3.8, 4) is 0 Å². The van der Waals surface area contributed by atoms with E-state index in [0.29, 0.717) is 0 Å². The third-order valence-corrected chi connectivity index (χ3v) is 5.56. The molecule has 1 aliphatic carbocycles. The predicted molar refractivity (Wildman–Crippen MR) is 75.8 cm³/mol. The predicted octanol–water partition coefficient (Wildman–Crippen LogP) is 2.27. The molecular weight excluding hydrogens is 242 g/mol. The molecule has 2 aliphatic rings. The van der Waals surface area contributed by atoms with E-state index < -0.39 is 0 Å². The van der Waals surface area contributed by atoms with Crippen LogP contribution in [0.3, 0.4) is 0 Å². The molecule has 1 aromatic rings. The van der Waals surface area contributed by atoms with Crippen molar-refractivity contribution in [2.45, 2.75) is 38.8 Å². The number of fused-ring (bicyclic) bond motifs is 1. The highest BCUT2D eigenvalue weighted by Gasteiger charge is 2.38. The summed E-state index contributed by atoms with van der Waals surface area (Å²) in [5, 5.41) is 3.73. The molecular formula is C14H23N3S. The van der Waals surface area contributed by atoms with Gasteiger partial charge in [0.25, 0.3) is 0 Å². The quantitative estimate of drug-likeness (QED) is 0.905. The van der Waals surface area contributed by atoms with E-state index in [1.807, 2.05) is 5.51 Å². The van der Waals surface area contributed by atoms with Gasteiger partial charge in [0.1, 0.15) is 0 Å². The first-order chi connectivity index (χ1) is 8.74. The third-order valence-electron chi connectivity index (χ3n) is 4.64. The molecule has 1 aromatic heterocycles. The SMILES string of the molecule is Cc1ncsc1CN(C)CC1NCC2CCCC21. The Morgan fingerprint density at radius 2 is 2.39 bits per heavy atom. The van der Waals surface area contributed by atoms with Gasteiger partial charge in [0.15, 0.2) is 0 Å². The first-order valence-electron chi connectivity index (χ1n) is 7.05. The van der Waals surface area contributed by atoms with Crippen LogP contribution >= 0.6 is 11.3 Å². The summed E-state index contributed by atoms with van der Waals surface area (Å²) in [6.45, 7) is 5.59. The van der Waals surface area contributed by atoms with E-state index in [4.69, 9.17) is 0 Å². The van der Waals surface area contributed by atoms with Crippen LogP contribution in [0.5, 0.6) is 0 Å². The summed E-state index contributed by atoms with van der Waals surface area (Å²) >= 11 is 1.78. The van der Waals surface area contributed by atoms with Gasteiger partial charge in [0.2, 0.25) is 0 Å². The van der Waals surface area contributed by atoms with Crippen LogP contribution in [0.4, 0.5) is 0 Å². The highest BCUT2D eigenvalue weighted by molar-refractivity contribution is 7.09.